The van der Waals surface area contributed by atoms with Crippen LogP contribution in [0, 0.1) is 0 Å². The van der Waals surface area contributed by atoms with Crippen LogP contribution in [0.1, 0.15) is 33.9 Å². The van der Waals surface area contributed by atoms with E-state index in [-0.39, 0.29) is 0 Å². The van der Waals surface area contributed by atoms with Crippen LogP contribution in [-0.2, 0) is 12.8 Å². The summed E-state index contributed by atoms with van der Waals surface area (Å²) in [7, 11) is 0. The van der Waals surface area contributed by atoms with Crippen molar-refractivity contribution < 1.29 is 4.79 Å². The summed E-state index contributed by atoms with van der Waals surface area (Å²) in [6.07, 6.45) is 7.30. The molecule has 0 spiro atoms. The van der Waals surface area contributed by atoms with Crippen molar-refractivity contribution in [3.05, 3.63) is 22.5 Å². The standard InChI is InChI=1S/C10H10N2OS/c13-6-7-5-11-10-12(7)8-3-1-2-4-9(8)14-10/h5-6H,1-4H2. The second-order valence-corrected chi connectivity index (χ2v) is 4.66. The Kier molecular flexibility index (Phi) is 1.70. The predicted octanol–water partition coefficient (Wildman–Crippen LogP) is 2.09. The van der Waals surface area contributed by atoms with Crippen LogP contribution in [0.5, 0.6) is 0 Å². The largest absolute Gasteiger partial charge is 0.296 e. The molecule has 0 radical (unpaired) electrons. The number of aromatic nitrogens is 2. The van der Waals surface area contributed by atoms with E-state index in [4.69, 9.17) is 0 Å². The first kappa shape index (κ1) is 8.17. The first-order valence-electron chi connectivity index (χ1n) is 4.83. The van der Waals surface area contributed by atoms with E-state index < -0.39 is 0 Å². The van der Waals surface area contributed by atoms with E-state index in [2.05, 4.69) is 4.98 Å². The fourth-order valence-electron chi connectivity index (χ4n) is 2.09. The molecule has 1 aliphatic rings. The molecule has 0 amide bonds. The Balaban J connectivity index is 2.34. The van der Waals surface area contributed by atoms with E-state index in [0.29, 0.717) is 5.69 Å². The molecule has 0 aliphatic heterocycles. The zero-order valence-corrected chi connectivity index (χ0v) is 8.51. The highest BCUT2D eigenvalue weighted by molar-refractivity contribution is 7.17. The molecule has 0 unspecified atom stereocenters. The Morgan fingerprint density at radius 1 is 1.43 bits per heavy atom. The summed E-state index contributed by atoms with van der Waals surface area (Å²) in [5, 5.41) is 0. The lowest BCUT2D eigenvalue weighted by molar-refractivity contribution is 0.111. The van der Waals surface area contributed by atoms with Crippen LogP contribution in [0.2, 0.25) is 0 Å². The molecule has 0 aromatic carbocycles. The molecule has 2 aromatic heterocycles. The summed E-state index contributed by atoms with van der Waals surface area (Å²) < 4.78 is 2.02. The minimum absolute atomic E-state index is 0.694. The Hall–Kier alpha value is -1.16. The number of carbonyl (C=O) groups excluding carboxylic acids is 1. The van der Waals surface area contributed by atoms with E-state index >= 15 is 0 Å². The summed E-state index contributed by atoms with van der Waals surface area (Å²) in [6, 6.07) is 0. The molecule has 4 heteroatoms. The molecule has 3 nitrogen and oxygen atoms in total. The Bertz CT molecular complexity index is 497. The summed E-state index contributed by atoms with van der Waals surface area (Å²) >= 11 is 1.73. The van der Waals surface area contributed by atoms with E-state index in [1.54, 1.807) is 17.5 Å². The molecule has 2 heterocycles. The van der Waals surface area contributed by atoms with Crippen molar-refractivity contribution in [2.24, 2.45) is 0 Å². The third-order valence-corrected chi connectivity index (χ3v) is 3.91. The van der Waals surface area contributed by atoms with Crippen molar-refractivity contribution in [3.63, 3.8) is 0 Å². The van der Waals surface area contributed by atoms with Gasteiger partial charge in [0.15, 0.2) is 11.2 Å². The van der Waals surface area contributed by atoms with Crippen molar-refractivity contribution in [1.82, 2.24) is 9.38 Å². The number of hydrogen-bond donors (Lipinski definition) is 0. The van der Waals surface area contributed by atoms with Crippen LogP contribution in [-0.4, -0.2) is 15.7 Å². The predicted molar refractivity (Wildman–Crippen MR) is 55.1 cm³/mol. The second-order valence-electron chi connectivity index (χ2n) is 3.60. The van der Waals surface area contributed by atoms with Gasteiger partial charge in [0.25, 0.3) is 0 Å². The van der Waals surface area contributed by atoms with Gasteiger partial charge in [-0.25, -0.2) is 4.98 Å². The van der Waals surface area contributed by atoms with Crippen LogP contribution in [0.15, 0.2) is 6.20 Å². The van der Waals surface area contributed by atoms with Crippen molar-refractivity contribution >= 4 is 22.6 Å². The van der Waals surface area contributed by atoms with Gasteiger partial charge in [0.2, 0.25) is 0 Å². The zero-order valence-electron chi connectivity index (χ0n) is 7.69. The van der Waals surface area contributed by atoms with E-state index in [9.17, 15) is 4.79 Å². The Labute approximate surface area is 85.4 Å². The highest BCUT2D eigenvalue weighted by Gasteiger charge is 2.18. The maximum atomic E-state index is 10.8. The Morgan fingerprint density at radius 2 is 2.29 bits per heavy atom. The summed E-state index contributed by atoms with van der Waals surface area (Å²) in [5.74, 6) is 0. The molecule has 3 rings (SSSR count). The third kappa shape index (κ3) is 0.973. The molecule has 0 bridgehead atoms. The van der Waals surface area contributed by atoms with Gasteiger partial charge in [-0.05, 0) is 25.7 Å². The molecule has 0 N–H and O–H groups in total. The van der Waals surface area contributed by atoms with Crippen molar-refractivity contribution in [2.75, 3.05) is 0 Å². The van der Waals surface area contributed by atoms with Crippen LogP contribution >= 0.6 is 11.3 Å². The molecule has 14 heavy (non-hydrogen) atoms. The number of rotatable bonds is 1. The normalized spacial score (nSPS) is 15.7. The summed E-state index contributed by atoms with van der Waals surface area (Å²) in [6.45, 7) is 0. The minimum atomic E-state index is 0.694. The number of aldehydes is 1. The van der Waals surface area contributed by atoms with Crippen LogP contribution in [0.25, 0.3) is 4.96 Å². The first-order valence-corrected chi connectivity index (χ1v) is 5.65. The molecular weight excluding hydrogens is 196 g/mol. The van der Waals surface area contributed by atoms with E-state index in [1.165, 1.54) is 23.4 Å². The number of nitrogens with zero attached hydrogens (tertiary/aromatic N) is 2. The van der Waals surface area contributed by atoms with Crippen molar-refractivity contribution in [2.45, 2.75) is 25.7 Å². The molecular formula is C10H10N2OS. The van der Waals surface area contributed by atoms with Gasteiger partial charge in [0.05, 0.1) is 6.20 Å². The highest BCUT2D eigenvalue weighted by Crippen LogP contribution is 2.30. The van der Waals surface area contributed by atoms with Crippen molar-refractivity contribution in [1.29, 1.82) is 0 Å². The lowest BCUT2D eigenvalue weighted by Crippen LogP contribution is -2.04. The maximum Gasteiger partial charge on any atom is 0.194 e. The van der Waals surface area contributed by atoms with Gasteiger partial charge in [0, 0.05) is 10.6 Å². The van der Waals surface area contributed by atoms with Crippen LogP contribution < -0.4 is 0 Å². The van der Waals surface area contributed by atoms with Crippen molar-refractivity contribution in [3.8, 4) is 0 Å². The number of imidazole rings is 1. The van der Waals surface area contributed by atoms with Gasteiger partial charge in [-0.1, -0.05) is 0 Å². The number of aryl methyl sites for hydroxylation is 2. The molecule has 2 aromatic rings. The van der Waals surface area contributed by atoms with E-state index in [1.807, 2.05) is 4.40 Å². The van der Waals surface area contributed by atoms with Gasteiger partial charge in [-0.3, -0.25) is 9.20 Å². The fraction of sp³-hybridized carbons (Fsp3) is 0.400. The number of carbonyl (C=O) groups is 1. The van der Waals surface area contributed by atoms with Gasteiger partial charge in [0.1, 0.15) is 5.69 Å². The summed E-state index contributed by atoms with van der Waals surface area (Å²) in [5.41, 5.74) is 2.01. The van der Waals surface area contributed by atoms with Gasteiger partial charge in [-0.15, -0.1) is 11.3 Å². The quantitative estimate of drug-likeness (QED) is 0.669. The first-order chi connectivity index (χ1) is 6.90. The zero-order chi connectivity index (χ0) is 9.54. The smallest absolute Gasteiger partial charge is 0.194 e. The monoisotopic (exact) mass is 206 g/mol. The second kappa shape index (κ2) is 2.92. The maximum absolute atomic E-state index is 10.8. The highest BCUT2D eigenvalue weighted by atomic mass is 32.1. The lowest BCUT2D eigenvalue weighted by atomic mass is 10.0. The topological polar surface area (TPSA) is 34.4 Å². The van der Waals surface area contributed by atoms with Gasteiger partial charge in [-0.2, -0.15) is 0 Å². The number of hydrogen-bond acceptors (Lipinski definition) is 3. The average Bonchev–Trinajstić information content (AvgIpc) is 2.75. The molecule has 0 saturated heterocycles. The molecule has 0 saturated carbocycles. The van der Waals surface area contributed by atoms with Gasteiger partial charge < -0.3 is 0 Å². The fourth-order valence-corrected chi connectivity index (χ4v) is 3.28. The number of fused-ring (bicyclic) bond motifs is 3. The molecule has 0 fully saturated rings. The molecule has 0 atom stereocenters. The lowest BCUT2D eigenvalue weighted by Gasteiger charge is -2.10. The van der Waals surface area contributed by atoms with Crippen LogP contribution in [0.4, 0.5) is 0 Å². The number of thiazole rings is 1. The summed E-state index contributed by atoms with van der Waals surface area (Å²) in [4.78, 5) is 17.4. The Morgan fingerprint density at radius 3 is 3.14 bits per heavy atom. The SMILES string of the molecule is O=Cc1cnc2sc3c(n12)CCCC3. The van der Waals surface area contributed by atoms with E-state index in [0.717, 1.165) is 24.1 Å². The average molecular weight is 206 g/mol. The molecule has 1 aliphatic carbocycles. The third-order valence-electron chi connectivity index (χ3n) is 2.75. The van der Waals surface area contributed by atoms with Gasteiger partial charge >= 0.3 is 0 Å². The molecule has 72 valence electrons. The minimum Gasteiger partial charge on any atom is -0.296 e. The van der Waals surface area contributed by atoms with Crippen LogP contribution in [0.3, 0.4) is 0 Å².